The SMILES string of the molecule is O=[N+]([O-])c1c(Nc2ccc(Br)cc2)cc(N2CCCCCC2)c2nonc12. The average molecular weight is 432 g/mol. The van der Waals surface area contributed by atoms with Crippen molar-refractivity contribution in [3.8, 4) is 0 Å². The normalized spacial score (nSPS) is 14.9. The summed E-state index contributed by atoms with van der Waals surface area (Å²) in [6.45, 7) is 1.77. The van der Waals surface area contributed by atoms with E-state index in [2.05, 4.69) is 36.5 Å². The van der Waals surface area contributed by atoms with E-state index in [9.17, 15) is 10.1 Å². The molecule has 140 valence electrons. The zero-order valence-electron chi connectivity index (χ0n) is 14.5. The van der Waals surface area contributed by atoms with Gasteiger partial charge in [-0.1, -0.05) is 28.8 Å². The minimum atomic E-state index is -0.445. The first-order valence-electron chi connectivity index (χ1n) is 8.84. The summed E-state index contributed by atoms with van der Waals surface area (Å²) in [5.41, 5.74) is 2.42. The molecule has 0 amide bonds. The van der Waals surface area contributed by atoms with Crippen molar-refractivity contribution in [1.29, 1.82) is 0 Å². The molecule has 0 saturated carbocycles. The fraction of sp³-hybridized carbons (Fsp3) is 0.333. The van der Waals surface area contributed by atoms with Crippen LogP contribution in [0.2, 0.25) is 0 Å². The van der Waals surface area contributed by atoms with Gasteiger partial charge in [0.1, 0.15) is 5.69 Å². The van der Waals surface area contributed by atoms with Crippen molar-refractivity contribution >= 4 is 49.7 Å². The Morgan fingerprint density at radius 2 is 1.74 bits per heavy atom. The second-order valence-corrected chi connectivity index (χ2v) is 7.46. The third kappa shape index (κ3) is 3.59. The highest BCUT2D eigenvalue weighted by Gasteiger charge is 2.28. The molecule has 1 fully saturated rings. The van der Waals surface area contributed by atoms with E-state index in [1.165, 1.54) is 12.8 Å². The number of nitro groups is 1. The van der Waals surface area contributed by atoms with Crippen LogP contribution in [-0.2, 0) is 0 Å². The summed E-state index contributed by atoms with van der Waals surface area (Å²) in [4.78, 5) is 13.5. The topological polar surface area (TPSA) is 97.3 Å². The standard InChI is InChI=1S/C18H18BrN5O3/c19-12-5-7-13(8-6-12)20-14-11-15(23-9-3-1-2-4-10-23)16-17(22-27-21-16)18(14)24(25)26/h5-8,11,20H,1-4,9-10H2. The molecule has 0 bridgehead atoms. The number of halogens is 1. The number of nitro benzene ring substituents is 1. The predicted molar refractivity (Wildman–Crippen MR) is 107 cm³/mol. The predicted octanol–water partition coefficient (Wildman–Crippen LogP) is 5.02. The van der Waals surface area contributed by atoms with Crippen molar-refractivity contribution in [2.75, 3.05) is 23.3 Å². The molecular weight excluding hydrogens is 414 g/mol. The van der Waals surface area contributed by atoms with Crippen molar-refractivity contribution < 1.29 is 9.55 Å². The second-order valence-electron chi connectivity index (χ2n) is 6.54. The number of benzene rings is 2. The number of rotatable bonds is 4. The van der Waals surface area contributed by atoms with Crippen molar-refractivity contribution in [1.82, 2.24) is 10.3 Å². The van der Waals surface area contributed by atoms with E-state index in [1.54, 1.807) is 6.07 Å². The largest absolute Gasteiger partial charge is 0.370 e. The number of hydrogen-bond donors (Lipinski definition) is 1. The number of nitrogens with one attached hydrogen (secondary N) is 1. The van der Waals surface area contributed by atoms with Gasteiger partial charge < -0.3 is 10.2 Å². The Bertz CT molecular complexity index is 965. The van der Waals surface area contributed by atoms with Gasteiger partial charge in [0.2, 0.25) is 5.52 Å². The number of hydrogen-bond acceptors (Lipinski definition) is 7. The summed E-state index contributed by atoms with van der Waals surface area (Å²) in [6, 6.07) is 9.24. The van der Waals surface area contributed by atoms with Crippen LogP contribution in [0.15, 0.2) is 39.4 Å². The molecule has 0 atom stereocenters. The zero-order chi connectivity index (χ0) is 18.8. The third-order valence-electron chi connectivity index (χ3n) is 4.74. The van der Waals surface area contributed by atoms with Gasteiger partial charge in [0.25, 0.3) is 0 Å². The molecule has 9 heteroatoms. The summed E-state index contributed by atoms with van der Waals surface area (Å²) in [5.74, 6) is 0. The molecule has 27 heavy (non-hydrogen) atoms. The van der Waals surface area contributed by atoms with E-state index >= 15 is 0 Å². The quantitative estimate of drug-likeness (QED) is 0.457. The van der Waals surface area contributed by atoms with Crippen LogP contribution in [-0.4, -0.2) is 28.3 Å². The lowest BCUT2D eigenvalue weighted by Gasteiger charge is -2.23. The monoisotopic (exact) mass is 431 g/mol. The lowest BCUT2D eigenvalue weighted by molar-refractivity contribution is -0.382. The maximum Gasteiger partial charge on any atom is 0.324 e. The van der Waals surface area contributed by atoms with Gasteiger partial charge in [0.15, 0.2) is 5.52 Å². The highest BCUT2D eigenvalue weighted by molar-refractivity contribution is 9.10. The maximum atomic E-state index is 11.8. The van der Waals surface area contributed by atoms with Gasteiger partial charge in [-0.05, 0) is 53.5 Å². The molecule has 1 aromatic heterocycles. The number of nitrogens with zero attached hydrogens (tertiary/aromatic N) is 4. The van der Waals surface area contributed by atoms with E-state index in [0.29, 0.717) is 11.2 Å². The van der Waals surface area contributed by atoms with Crippen molar-refractivity contribution in [3.63, 3.8) is 0 Å². The highest BCUT2D eigenvalue weighted by Crippen LogP contribution is 2.40. The molecule has 1 saturated heterocycles. The Morgan fingerprint density at radius 3 is 2.41 bits per heavy atom. The van der Waals surface area contributed by atoms with Crippen LogP contribution in [0.1, 0.15) is 25.7 Å². The van der Waals surface area contributed by atoms with Gasteiger partial charge >= 0.3 is 5.69 Å². The second kappa shape index (κ2) is 7.51. The molecule has 1 N–H and O–H groups in total. The molecule has 0 aliphatic carbocycles. The minimum absolute atomic E-state index is 0.132. The van der Waals surface area contributed by atoms with Gasteiger partial charge in [-0.3, -0.25) is 10.1 Å². The van der Waals surface area contributed by atoms with Crippen LogP contribution < -0.4 is 10.2 Å². The molecule has 1 aliphatic rings. The molecular formula is C18H18BrN5O3. The Kier molecular flexibility index (Phi) is 4.93. The minimum Gasteiger partial charge on any atom is -0.370 e. The van der Waals surface area contributed by atoms with Gasteiger partial charge in [-0.2, -0.15) is 0 Å². The fourth-order valence-electron chi connectivity index (χ4n) is 3.43. The number of anilines is 3. The van der Waals surface area contributed by atoms with Crippen molar-refractivity contribution in [2.45, 2.75) is 25.7 Å². The highest BCUT2D eigenvalue weighted by atomic mass is 79.9. The number of aromatic nitrogens is 2. The van der Waals surface area contributed by atoms with Gasteiger partial charge in [0, 0.05) is 23.2 Å². The average Bonchev–Trinajstić information content (AvgIpc) is 2.97. The van der Waals surface area contributed by atoms with Gasteiger partial charge in [-0.25, -0.2) is 4.63 Å². The van der Waals surface area contributed by atoms with Gasteiger partial charge in [-0.15, -0.1) is 0 Å². The van der Waals surface area contributed by atoms with E-state index in [0.717, 1.165) is 41.8 Å². The lowest BCUT2D eigenvalue weighted by atomic mass is 10.1. The first-order valence-corrected chi connectivity index (χ1v) is 9.64. The molecule has 2 aromatic carbocycles. The maximum absolute atomic E-state index is 11.8. The summed E-state index contributed by atoms with van der Waals surface area (Å²) >= 11 is 3.39. The van der Waals surface area contributed by atoms with Crippen molar-refractivity contribution in [3.05, 3.63) is 44.9 Å². The number of fused-ring (bicyclic) bond motifs is 1. The van der Waals surface area contributed by atoms with Crippen molar-refractivity contribution in [2.24, 2.45) is 0 Å². The lowest BCUT2D eigenvalue weighted by Crippen LogP contribution is -2.24. The Labute approximate surface area is 163 Å². The molecule has 4 rings (SSSR count). The van der Waals surface area contributed by atoms with Crippen LogP contribution >= 0.6 is 15.9 Å². The van der Waals surface area contributed by atoms with E-state index in [1.807, 2.05) is 24.3 Å². The molecule has 3 aromatic rings. The molecule has 0 radical (unpaired) electrons. The zero-order valence-corrected chi connectivity index (χ0v) is 16.1. The van der Waals surface area contributed by atoms with E-state index in [4.69, 9.17) is 4.63 Å². The Morgan fingerprint density at radius 1 is 1.07 bits per heavy atom. The van der Waals surface area contributed by atoms with Crippen LogP contribution in [0, 0.1) is 10.1 Å². The molecule has 2 heterocycles. The Balaban J connectivity index is 1.83. The van der Waals surface area contributed by atoms with Crippen LogP contribution in [0.5, 0.6) is 0 Å². The van der Waals surface area contributed by atoms with Gasteiger partial charge in [0.05, 0.1) is 10.6 Å². The van der Waals surface area contributed by atoms with Crippen LogP contribution in [0.25, 0.3) is 11.0 Å². The van der Waals surface area contributed by atoms with E-state index < -0.39 is 4.92 Å². The van der Waals surface area contributed by atoms with E-state index in [-0.39, 0.29) is 11.2 Å². The summed E-state index contributed by atoms with van der Waals surface area (Å²) in [7, 11) is 0. The Hall–Kier alpha value is -2.68. The smallest absolute Gasteiger partial charge is 0.324 e. The van der Waals surface area contributed by atoms with Crippen LogP contribution in [0.3, 0.4) is 0 Å². The first kappa shape index (κ1) is 17.7. The molecule has 8 nitrogen and oxygen atoms in total. The molecule has 0 spiro atoms. The summed E-state index contributed by atoms with van der Waals surface area (Å²) in [6.07, 6.45) is 4.54. The first-order chi connectivity index (χ1) is 13.1. The molecule has 0 unspecified atom stereocenters. The third-order valence-corrected chi connectivity index (χ3v) is 5.27. The van der Waals surface area contributed by atoms with Crippen LogP contribution in [0.4, 0.5) is 22.7 Å². The summed E-state index contributed by atoms with van der Waals surface area (Å²) in [5, 5.41) is 22.7. The summed E-state index contributed by atoms with van der Waals surface area (Å²) < 4.78 is 5.81. The fourth-order valence-corrected chi connectivity index (χ4v) is 3.70. The molecule has 1 aliphatic heterocycles.